The number of hydrogen-bond acceptors (Lipinski definition) is 1. The molecule has 0 aliphatic heterocycles. The van der Waals surface area contributed by atoms with Crippen LogP contribution in [0.5, 0.6) is 0 Å². The molecule has 0 N–H and O–H groups in total. The zero-order chi connectivity index (χ0) is 7.56. The SMILES string of the molecule is CN=C1CCCC(C)=C1C. The van der Waals surface area contributed by atoms with Crippen molar-refractivity contribution < 1.29 is 0 Å². The van der Waals surface area contributed by atoms with Crippen molar-refractivity contribution in [2.75, 3.05) is 7.05 Å². The Labute approximate surface area is 62.9 Å². The zero-order valence-corrected chi connectivity index (χ0v) is 7.07. The van der Waals surface area contributed by atoms with Crippen molar-refractivity contribution >= 4 is 5.71 Å². The number of hydrogen-bond donors (Lipinski definition) is 0. The first-order valence-corrected chi connectivity index (χ1v) is 3.88. The van der Waals surface area contributed by atoms with Crippen LogP contribution in [0, 0.1) is 0 Å². The van der Waals surface area contributed by atoms with Crippen LogP contribution in [-0.4, -0.2) is 12.8 Å². The minimum absolute atomic E-state index is 1.18. The Morgan fingerprint density at radius 2 is 1.90 bits per heavy atom. The Kier molecular flexibility index (Phi) is 2.25. The first-order chi connectivity index (χ1) is 4.75. The topological polar surface area (TPSA) is 12.4 Å². The van der Waals surface area contributed by atoms with Crippen molar-refractivity contribution in [1.82, 2.24) is 0 Å². The number of allylic oxidation sites excluding steroid dienone is 2. The highest BCUT2D eigenvalue weighted by Crippen LogP contribution is 2.21. The van der Waals surface area contributed by atoms with Crippen molar-refractivity contribution in [2.45, 2.75) is 33.1 Å². The predicted octanol–water partition coefficient (Wildman–Crippen LogP) is 2.58. The number of rotatable bonds is 0. The third kappa shape index (κ3) is 1.28. The molecule has 1 aliphatic carbocycles. The second-order valence-corrected chi connectivity index (χ2v) is 2.93. The third-order valence-electron chi connectivity index (χ3n) is 2.31. The zero-order valence-electron chi connectivity index (χ0n) is 7.07. The van der Waals surface area contributed by atoms with Gasteiger partial charge in [0.15, 0.2) is 0 Å². The summed E-state index contributed by atoms with van der Waals surface area (Å²) in [7, 11) is 1.89. The Morgan fingerprint density at radius 1 is 1.20 bits per heavy atom. The summed E-state index contributed by atoms with van der Waals surface area (Å²) in [5, 5.41) is 0. The summed E-state index contributed by atoms with van der Waals surface area (Å²) in [6.45, 7) is 4.39. The van der Waals surface area contributed by atoms with E-state index >= 15 is 0 Å². The summed E-state index contributed by atoms with van der Waals surface area (Å²) < 4.78 is 0. The summed E-state index contributed by atoms with van der Waals surface area (Å²) in [6, 6.07) is 0. The summed E-state index contributed by atoms with van der Waals surface area (Å²) in [5.41, 5.74) is 4.25. The van der Waals surface area contributed by atoms with Crippen LogP contribution in [0.2, 0.25) is 0 Å². The lowest BCUT2D eigenvalue weighted by atomic mass is 9.92. The number of nitrogens with zero attached hydrogens (tertiary/aromatic N) is 1. The molecule has 0 heterocycles. The summed E-state index contributed by atoms with van der Waals surface area (Å²) in [5.74, 6) is 0. The van der Waals surface area contributed by atoms with E-state index in [9.17, 15) is 0 Å². The van der Waals surface area contributed by atoms with Crippen LogP contribution in [0.4, 0.5) is 0 Å². The molecule has 0 saturated heterocycles. The molecular weight excluding hydrogens is 122 g/mol. The largest absolute Gasteiger partial charge is 0.293 e. The molecule has 10 heavy (non-hydrogen) atoms. The molecular formula is C9H15N. The Balaban J connectivity index is 2.89. The molecule has 1 nitrogen and oxygen atoms in total. The Hall–Kier alpha value is -0.590. The molecule has 0 aromatic carbocycles. The highest BCUT2D eigenvalue weighted by molar-refractivity contribution is 6.00. The molecule has 56 valence electrons. The maximum absolute atomic E-state index is 4.24. The van der Waals surface area contributed by atoms with Gasteiger partial charge < -0.3 is 0 Å². The molecule has 0 fully saturated rings. The van der Waals surface area contributed by atoms with E-state index in [-0.39, 0.29) is 0 Å². The van der Waals surface area contributed by atoms with Gasteiger partial charge in [-0.25, -0.2) is 0 Å². The molecule has 1 aliphatic rings. The van der Waals surface area contributed by atoms with Crippen LogP contribution in [-0.2, 0) is 0 Å². The number of aliphatic imine (C=N–C) groups is 1. The van der Waals surface area contributed by atoms with Gasteiger partial charge in [0.25, 0.3) is 0 Å². The molecule has 0 bridgehead atoms. The first kappa shape index (κ1) is 7.52. The van der Waals surface area contributed by atoms with Gasteiger partial charge in [0, 0.05) is 12.8 Å². The molecule has 0 unspecified atom stereocenters. The second-order valence-electron chi connectivity index (χ2n) is 2.93. The molecule has 1 rings (SSSR count). The molecule has 1 heteroatoms. The molecule has 0 amide bonds. The van der Waals surface area contributed by atoms with E-state index < -0.39 is 0 Å². The van der Waals surface area contributed by atoms with E-state index in [0.29, 0.717) is 0 Å². The lowest BCUT2D eigenvalue weighted by Crippen LogP contribution is -2.07. The van der Waals surface area contributed by atoms with Crippen molar-refractivity contribution in [1.29, 1.82) is 0 Å². The van der Waals surface area contributed by atoms with Gasteiger partial charge in [0.2, 0.25) is 0 Å². The maximum atomic E-state index is 4.24. The predicted molar refractivity (Wildman–Crippen MR) is 45.6 cm³/mol. The minimum atomic E-state index is 1.18. The Morgan fingerprint density at radius 3 is 2.40 bits per heavy atom. The van der Waals surface area contributed by atoms with Crippen molar-refractivity contribution in [3.8, 4) is 0 Å². The van der Waals surface area contributed by atoms with E-state index in [1.54, 1.807) is 0 Å². The average molecular weight is 137 g/mol. The maximum Gasteiger partial charge on any atom is 0.0373 e. The minimum Gasteiger partial charge on any atom is -0.293 e. The highest BCUT2D eigenvalue weighted by atomic mass is 14.7. The van der Waals surface area contributed by atoms with E-state index in [2.05, 4.69) is 18.8 Å². The van der Waals surface area contributed by atoms with Gasteiger partial charge in [0.05, 0.1) is 0 Å². The molecule has 0 atom stereocenters. The van der Waals surface area contributed by atoms with Gasteiger partial charge in [-0.15, -0.1) is 0 Å². The van der Waals surface area contributed by atoms with Crippen LogP contribution in [0.3, 0.4) is 0 Å². The second kappa shape index (κ2) is 3.00. The van der Waals surface area contributed by atoms with Gasteiger partial charge in [-0.3, -0.25) is 4.99 Å². The average Bonchev–Trinajstić information content (AvgIpc) is 1.95. The van der Waals surface area contributed by atoms with Crippen molar-refractivity contribution in [2.24, 2.45) is 4.99 Å². The van der Waals surface area contributed by atoms with Crippen molar-refractivity contribution in [3.05, 3.63) is 11.1 Å². The first-order valence-electron chi connectivity index (χ1n) is 3.88. The van der Waals surface area contributed by atoms with E-state index in [1.807, 2.05) is 7.05 Å². The van der Waals surface area contributed by atoms with Gasteiger partial charge >= 0.3 is 0 Å². The quantitative estimate of drug-likeness (QED) is 0.486. The summed E-state index contributed by atoms with van der Waals surface area (Å²) in [4.78, 5) is 4.24. The van der Waals surface area contributed by atoms with Crippen LogP contribution in [0.25, 0.3) is 0 Å². The Bertz CT molecular complexity index is 187. The highest BCUT2D eigenvalue weighted by Gasteiger charge is 2.10. The normalized spacial score (nSPS) is 24.1. The van der Waals surface area contributed by atoms with E-state index in [1.165, 1.54) is 36.1 Å². The fraction of sp³-hybridized carbons (Fsp3) is 0.667. The van der Waals surface area contributed by atoms with Crippen LogP contribution < -0.4 is 0 Å². The van der Waals surface area contributed by atoms with Gasteiger partial charge in [-0.2, -0.15) is 0 Å². The third-order valence-corrected chi connectivity index (χ3v) is 2.31. The van der Waals surface area contributed by atoms with Crippen molar-refractivity contribution in [3.63, 3.8) is 0 Å². The van der Waals surface area contributed by atoms with Gasteiger partial charge in [-0.1, -0.05) is 5.57 Å². The smallest absolute Gasteiger partial charge is 0.0373 e. The van der Waals surface area contributed by atoms with Crippen LogP contribution in [0.1, 0.15) is 33.1 Å². The molecule has 0 radical (unpaired) electrons. The molecule has 0 spiro atoms. The van der Waals surface area contributed by atoms with Crippen LogP contribution >= 0.6 is 0 Å². The monoisotopic (exact) mass is 137 g/mol. The van der Waals surface area contributed by atoms with E-state index in [0.717, 1.165) is 0 Å². The van der Waals surface area contributed by atoms with E-state index in [4.69, 9.17) is 0 Å². The fourth-order valence-electron chi connectivity index (χ4n) is 1.42. The molecule has 0 aromatic rings. The lowest BCUT2D eigenvalue weighted by Gasteiger charge is -2.15. The summed E-state index contributed by atoms with van der Waals surface area (Å²) in [6.07, 6.45) is 3.74. The molecule has 0 saturated carbocycles. The van der Waals surface area contributed by atoms with Gasteiger partial charge in [0.1, 0.15) is 0 Å². The van der Waals surface area contributed by atoms with Gasteiger partial charge in [-0.05, 0) is 38.7 Å². The fourth-order valence-corrected chi connectivity index (χ4v) is 1.42. The van der Waals surface area contributed by atoms with Crippen LogP contribution in [0.15, 0.2) is 16.1 Å². The standard InChI is InChI=1S/C9H15N/c1-7-5-4-6-9(10-3)8(7)2/h4-6H2,1-3H3. The lowest BCUT2D eigenvalue weighted by molar-refractivity contribution is 0.820. The summed E-state index contributed by atoms with van der Waals surface area (Å²) >= 11 is 0. The molecule has 0 aromatic heterocycles.